The Morgan fingerprint density at radius 1 is 0.786 bits per heavy atom. The van der Waals surface area contributed by atoms with Gasteiger partial charge in [0.2, 0.25) is 5.36 Å². The minimum atomic E-state index is 1.16. The third kappa shape index (κ3) is 2.26. The molecule has 0 spiro atoms. The van der Waals surface area contributed by atoms with Crippen LogP contribution in [0.15, 0.2) is 0 Å². The van der Waals surface area contributed by atoms with Crippen LogP contribution in [0, 0.1) is 0 Å². The molecular formula is C13H24N+. The molecule has 80 valence electrons. The van der Waals surface area contributed by atoms with Gasteiger partial charge in [-0.05, 0) is 26.7 Å². The van der Waals surface area contributed by atoms with Crippen molar-refractivity contribution in [3.05, 3.63) is 16.5 Å². The zero-order chi connectivity index (χ0) is 10.6. The molecule has 0 bridgehead atoms. The van der Waals surface area contributed by atoms with Gasteiger partial charge in [0, 0.05) is 11.1 Å². The summed E-state index contributed by atoms with van der Waals surface area (Å²) in [5.74, 6) is 0. The van der Waals surface area contributed by atoms with Gasteiger partial charge in [0.25, 0.3) is 0 Å². The molecule has 0 aliphatic heterocycles. The van der Waals surface area contributed by atoms with Crippen molar-refractivity contribution in [3.8, 4) is 0 Å². The summed E-state index contributed by atoms with van der Waals surface area (Å²) in [6.07, 6.45) is 5.16. The van der Waals surface area contributed by atoms with Gasteiger partial charge in [-0.15, -0.1) is 0 Å². The molecule has 1 nitrogen and oxygen atoms in total. The van der Waals surface area contributed by atoms with E-state index in [9.17, 15) is 0 Å². The van der Waals surface area contributed by atoms with Crippen LogP contribution in [0.4, 0.5) is 0 Å². The molecule has 0 atom stereocenters. The summed E-state index contributed by atoms with van der Waals surface area (Å²) in [5, 5.41) is 1.61. The summed E-state index contributed by atoms with van der Waals surface area (Å²) in [4.78, 5) is 0. The normalized spacial score (nSPS) is 11.1. The van der Waals surface area contributed by atoms with Crippen molar-refractivity contribution in [3.63, 3.8) is 0 Å². The lowest BCUT2D eigenvalue weighted by Crippen LogP contribution is -2.25. The molecule has 0 saturated carbocycles. The maximum Gasteiger partial charge on any atom is 0.207 e. The van der Waals surface area contributed by atoms with E-state index in [4.69, 9.17) is 0 Å². The molecule has 0 saturated heterocycles. The molecule has 0 unspecified atom stereocenters. The minimum Gasteiger partial charge on any atom is -0.230 e. The highest BCUT2D eigenvalue weighted by atomic mass is 15.0. The van der Waals surface area contributed by atoms with Gasteiger partial charge in [0.1, 0.15) is 13.1 Å². The van der Waals surface area contributed by atoms with E-state index in [-0.39, 0.29) is 0 Å². The van der Waals surface area contributed by atoms with E-state index in [1.54, 1.807) is 16.5 Å². The van der Waals surface area contributed by atoms with Gasteiger partial charge >= 0.3 is 0 Å². The maximum atomic E-state index is 2.51. The summed E-state index contributed by atoms with van der Waals surface area (Å²) >= 11 is 0. The number of rotatable bonds is 6. The molecule has 0 aromatic heterocycles. The second kappa shape index (κ2) is 5.33. The Hall–Kier alpha value is -0.590. The number of hydrogen-bond acceptors (Lipinski definition) is 0. The fraction of sp³-hybridized carbons (Fsp3) is 0.769. The monoisotopic (exact) mass is 194 g/mol. The van der Waals surface area contributed by atoms with Gasteiger partial charge < -0.3 is 0 Å². The van der Waals surface area contributed by atoms with Crippen molar-refractivity contribution < 1.29 is 0 Å². The van der Waals surface area contributed by atoms with Gasteiger partial charge in [-0.2, -0.15) is 0 Å². The highest BCUT2D eigenvalue weighted by Gasteiger charge is 2.25. The predicted octanol–water partition coefficient (Wildman–Crippen LogP) is 2.28. The van der Waals surface area contributed by atoms with Gasteiger partial charge in [-0.25, -0.2) is 4.58 Å². The summed E-state index contributed by atoms with van der Waals surface area (Å²) in [5.41, 5.74) is 3.36. The first-order chi connectivity index (χ1) is 6.79. The second-order valence-electron chi connectivity index (χ2n) is 3.98. The van der Waals surface area contributed by atoms with Gasteiger partial charge in [-0.1, -0.05) is 26.7 Å². The molecule has 0 fully saturated rings. The Morgan fingerprint density at radius 3 is 1.50 bits per heavy atom. The first-order valence-corrected chi connectivity index (χ1v) is 6.14. The Balaban J connectivity index is 2.88. The zero-order valence-corrected chi connectivity index (χ0v) is 10.2. The molecule has 0 aliphatic rings. The molecule has 14 heavy (non-hydrogen) atoms. The first-order valence-electron chi connectivity index (χ1n) is 6.14. The fourth-order valence-electron chi connectivity index (χ4n) is 2.22. The van der Waals surface area contributed by atoms with E-state index in [0.717, 1.165) is 13.1 Å². The van der Waals surface area contributed by atoms with E-state index in [0.29, 0.717) is 0 Å². The lowest BCUT2D eigenvalue weighted by Gasteiger charge is -1.90. The van der Waals surface area contributed by atoms with Crippen LogP contribution in [0.5, 0.6) is 0 Å². The summed E-state index contributed by atoms with van der Waals surface area (Å²) in [7, 11) is 0. The molecule has 1 rings (SSSR count). The van der Waals surface area contributed by atoms with Crippen molar-refractivity contribution in [1.82, 2.24) is 4.58 Å². The molecule has 1 aromatic carbocycles. The highest BCUT2D eigenvalue weighted by Crippen LogP contribution is 2.13. The number of hydrogen-bond donors (Lipinski definition) is 0. The summed E-state index contributed by atoms with van der Waals surface area (Å²) < 4.78 is 2.51. The molecule has 1 heteroatoms. The lowest BCUT2D eigenvalue weighted by atomic mass is 10.2. The van der Waals surface area contributed by atoms with E-state index in [2.05, 4.69) is 32.3 Å². The van der Waals surface area contributed by atoms with E-state index >= 15 is 0 Å². The van der Waals surface area contributed by atoms with Crippen LogP contribution in [-0.4, -0.2) is 13.1 Å². The van der Waals surface area contributed by atoms with Crippen molar-refractivity contribution in [1.29, 1.82) is 0 Å². The second-order valence-corrected chi connectivity index (χ2v) is 3.98. The molecule has 0 radical (unpaired) electrons. The first kappa shape index (κ1) is 11.5. The topological polar surface area (TPSA) is 3.01 Å². The third-order valence-corrected chi connectivity index (χ3v) is 2.95. The van der Waals surface area contributed by atoms with Crippen molar-refractivity contribution in [2.24, 2.45) is 0 Å². The molecule has 0 amide bonds. The lowest BCUT2D eigenvalue weighted by molar-refractivity contribution is 0.630. The van der Waals surface area contributed by atoms with Crippen LogP contribution in [0.3, 0.4) is 0 Å². The van der Waals surface area contributed by atoms with Crippen LogP contribution >= 0.6 is 0 Å². The van der Waals surface area contributed by atoms with E-state index in [1.807, 2.05) is 0 Å². The molecular weight excluding hydrogens is 170 g/mol. The van der Waals surface area contributed by atoms with Gasteiger partial charge in [-0.3, -0.25) is 0 Å². The average molecular weight is 194 g/mol. The summed E-state index contributed by atoms with van der Waals surface area (Å²) in [6, 6.07) is 0. The molecule has 0 aliphatic carbocycles. The Kier molecular flexibility index (Phi) is 4.37. The van der Waals surface area contributed by atoms with E-state index < -0.39 is 0 Å². The number of nitrogens with zero attached hydrogens (tertiary/aromatic N) is 1. The average Bonchev–Trinajstić information content (AvgIpc) is 2.83. The fourth-order valence-corrected chi connectivity index (χ4v) is 2.22. The maximum absolute atomic E-state index is 2.51. The van der Waals surface area contributed by atoms with Crippen molar-refractivity contribution >= 4 is 0 Å². The smallest absolute Gasteiger partial charge is 0.207 e. The SMILES string of the molecule is CCCc1c(CCC)c1=[N+](CC)CC. The van der Waals surface area contributed by atoms with Crippen LogP contribution in [-0.2, 0) is 12.8 Å². The zero-order valence-electron chi connectivity index (χ0n) is 10.2. The molecule has 1 aromatic rings. The van der Waals surface area contributed by atoms with Gasteiger partial charge in [0.05, 0.1) is 0 Å². The van der Waals surface area contributed by atoms with Crippen LogP contribution in [0.2, 0.25) is 0 Å². The third-order valence-electron chi connectivity index (χ3n) is 2.95. The predicted molar refractivity (Wildman–Crippen MR) is 63.2 cm³/mol. The quantitative estimate of drug-likeness (QED) is 0.611. The van der Waals surface area contributed by atoms with Gasteiger partial charge in [0.15, 0.2) is 0 Å². The Morgan fingerprint density at radius 2 is 1.21 bits per heavy atom. The standard InChI is InChI=1S/C13H24N/c1-5-9-11-12(10-6-2)13(11)14(7-3)8-4/h5-10H2,1-4H3/q+1. The Bertz CT molecular complexity index is 273. The molecule has 0 heterocycles. The molecule has 0 N–H and O–H groups in total. The van der Waals surface area contributed by atoms with Crippen molar-refractivity contribution in [2.75, 3.05) is 13.1 Å². The largest absolute Gasteiger partial charge is 0.230 e. The van der Waals surface area contributed by atoms with Crippen LogP contribution in [0.25, 0.3) is 0 Å². The Labute approximate surface area is 88.2 Å². The van der Waals surface area contributed by atoms with E-state index in [1.165, 1.54) is 25.7 Å². The minimum absolute atomic E-state index is 1.16. The highest BCUT2D eigenvalue weighted by molar-refractivity contribution is 5.38. The van der Waals surface area contributed by atoms with Crippen LogP contribution < -0.4 is 9.93 Å². The van der Waals surface area contributed by atoms with Crippen LogP contribution in [0.1, 0.15) is 51.7 Å². The summed E-state index contributed by atoms with van der Waals surface area (Å²) in [6.45, 7) is 11.4. The van der Waals surface area contributed by atoms with Crippen molar-refractivity contribution in [2.45, 2.75) is 53.4 Å².